The average molecular weight is 355 g/mol. The minimum absolute atomic E-state index is 0.158. The highest BCUT2D eigenvalue weighted by Crippen LogP contribution is 2.12. The maximum Gasteiger partial charge on any atom is 0.136 e. The van der Waals surface area contributed by atoms with Crippen molar-refractivity contribution in [2.75, 3.05) is 38.5 Å². The predicted octanol–water partition coefficient (Wildman–Crippen LogP) is 3.62. The molecule has 0 aromatic heterocycles. The second-order valence-electron chi connectivity index (χ2n) is 5.53. The van der Waals surface area contributed by atoms with Crippen molar-refractivity contribution in [1.29, 1.82) is 0 Å². The topological polar surface area (TPSA) is 26.7 Å². The van der Waals surface area contributed by atoms with Crippen LogP contribution in [0.15, 0.2) is 30.3 Å². The normalized spacial score (nSPS) is 11.0. The van der Waals surface area contributed by atoms with E-state index in [1.165, 1.54) is 18.4 Å². The molecule has 1 aromatic rings. The van der Waals surface area contributed by atoms with Crippen LogP contribution in [-0.4, -0.2) is 57.8 Å². The van der Waals surface area contributed by atoms with Crippen LogP contribution in [0, 0.1) is 0 Å². The van der Waals surface area contributed by atoms with Crippen LogP contribution < -0.4 is 0 Å². The summed E-state index contributed by atoms with van der Waals surface area (Å²) in [6.07, 6.45) is 2.45. The molecule has 0 spiro atoms. The van der Waals surface area contributed by atoms with E-state index in [4.69, 9.17) is 17.3 Å². The van der Waals surface area contributed by atoms with Crippen molar-refractivity contribution in [3.8, 4) is 0 Å². The number of aliphatic hydroxyl groups is 1. The highest BCUT2D eigenvalue weighted by atomic mass is 32.2. The fourth-order valence-corrected chi connectivity index (χ4v) is 3.74. The molecule has 0 aliphatic rings. The molecule has 1 rings (SSSR count). The van der Waals surface area contributed by atoms with Gasteiger partial charge in [-0.2, -0.15) is 0 Å². The molecule has 0 unspecified atom stereocenters. The molecular weight excluding hydrogens is 324 g/mol. The number of likely N-dealkylation sites (N-methyl/N-ethyl adjacent to an activating group) is 1. The lowest BCUT2D eigenvalue weighted by molar-refractivity contribution is 0.256. The summed E-state index contributed by atoms with van der Waals surface area (Å²) in [5.41, 5.74) is 1.37. The van der Waals surface area contributed by atoms with Gasteiger partial charge in [-0.05, 0) is 25.5 Å². The smallest absolute Gasteiger partial charge is 0.136 e. The van der Waals surface area contributed by atoms with E-state index in [1.54, 1.807) is 11.8 Å². The Hall–Kier alpha value is -0.620. The van der Waals surface area contributed by atoms with E-state index in [0.29, 0.717) is 6.54 Å². The summed E-state index contributed by atoms with van der Waals surface area (Å²) in [5.74, 6) is 0.997. The van der Waals surface area contributed by atoms with Crippen molar-refractivity contribution in [2.45, 2.75) is 33.2 Å². The Balaban J connectivity index is 2.43. The monoisotopic (exact) mass is 354 g/mol. The molecule has 0 aliphatic heterocycles. The Morgan fingerprint density at radius 2 is 1.87 bits per heavy atom. The Bertz CT molecular complexity index is 428. The molecule has 1 N–H and O–H groups in total. The second kappa shape index (κ2) is 12.8. The van der Waals surface area contributed by atoms with Crippen LogP contribution in [0.2, 0.25) is 0 Å². The van der Waals surface area contributed by atoms with E-state index in [0.717, 1.165) is 36.3 Å². The Morgan fingerprint density at radius 1 is 1.13 bits per heavy atom. The largest absolute Gasteiger partial charge is 0.395 e. The maximum atomic E-state index is 9.07. The SMILES string of the molecule is CCCCN(CCSC(=S)N(CC)CCO)Cc1ccccc1. The van der Waals surface area contributed by atoms with Gasteiger partial charge in [0.25, 0.3) is 0 Å². The molecule has 1 aromatic carbocycles. The highest BCUT2D eigenvalue weighted by Gasteiger charge is 2.10. The van der Waals surface area contributed by atoms with Gasteiger partial charge in [-0.3, -0.25) is 4.90 Å². The fraction of sp³-hybridized carbons (Fsp3) is 0.611. The maximum absolute atomic E-state index is 9.07. The number of hydrogen-bond acceptors (Lipinski definition) is 4. The van der Waals surface area contributed by atoms with Crippen molar-refractivity contribution in [2.24, 2.45) is 0 Å². The van der Waals surface area contributed by atoms with Crippen LogP contribution >= 0.6 is 24.0 Å². The standard InChI is InChI=1S/C18H30N2OS2/c1-3-5-11-19(16-17-9-7-6-8-10-17)13-15-23-18(22)20(4-2)12-14-21/h6-10,21H,3-5,11-16H2,1-2H3. The molecule has 23 heavy (non-hydrogen) atoms. The quantitative estimate of drug-likeness (QED) is 0.613. The summed E-state index contributed by atoms with van der Waals surface area (Å²) >= 11 is 7.19. The van der Waals surface area contributed by atoms with Gasteiger partial charge in [0.1, 0.15) is 4.32 Å². The van der Waals surface area contributed by atoms with Crippen LogP contribution in [0.5, 0.6) is 0 Å². The van der Waals surface area contributed by atoms with Crippen LogP contribution in [0.4, 0.5) is 0 Å². The zero-order valence-corrected chi connectivity index (χ0v) is 16.0. The summed E-state index contributed by atoms with van der Waals surface area (Å²) in [7, 11) is 0. The zero-order valence-electron chi connectivity index (χ0n) is 14.4. The van der Waals surface area contributed by atoms with Gasteiger partial charge >= 0.3 is 0 Å². The molecule has 0 fully saturated rings. The molecule has 0 amide bonds. The van der Waals surface area contributed by atoms with Crippen molar-refractivity contribution < 1.29 is 5.11 Å². The first-order valence-electron chi connectivity index (χ1n) is 8.50. The number of thiocarbonyl (C=S) groups is 1. The van der Waals surface area contributed by atoms with E-state index >= 15 is 0 Å². The first-order valence-corrected chi connectivity index (χ1v) is 9.89. The van der Waals surface area contributed by atoms with Crippen molar-refractivity contribution in [3.63, 3.8) is 0 Å². The number of nitrogens with zero attached hydrogens (tertiary/aromatic N) is 2. The molecule has 0 saturated heterocycles. The van der Waals surface area contributed by atoms with E-state index in [1.807, 2.05) is 0 Å². The van der Waals surface area contributed by atoms with Crippen LogP contribution in [0.25, 0.3) is 0 Å². The van der Waals surface area contributed by atoms with Gasteiger partial charge in [0.05, 0.1) is 6.61 Å². The third-order valence-corrected chi connectivity index (χ3v) is 5.22. The average Bonchev–Trinajstić information content (AvgIpc) is 2.58. The van der Waals surface area contributed by atoms with Gasteiger partial charge in [-0.1, -0.05) is 67.7 Å². The van der Waals surface area contributed by atoms with E-state index in [-0.39, 0.29) is 6.61 Å². The van der Waals surface area contributed by atoms with Crippen LogP contribution in [0.3, 0.4) is 0 Å². The summed E-state index contributed by atoms with van der Waals surface area (Å²) in [6.45, 7) is 9.13. The third kappa shape index (κ3) is 8.70. The van der Waals surface area contributed by atoms with E-state index in [9.17, 15) is 0 Å². The lowest BCUT2D eigenvalue weighted by atomic mass is 10.2. The molecule has 130 valence electrons. The van der Waals surface area contributed by atoms with Gasteiger partial charge in [-0.25, -0.2) is 0 Å². The molecule has 5 heteroatoms. The number of thioether (sulfide) groups is 1. The van der Waals surface area contributed by atoms with Crippen molar-refractivity contribution in [1.82, 2.24) is 9.80 Å². The summed E-state index contributed by atoms with van der Waals surface area (Å²) in [4.78, 5) is 4.57. The summed E-state index contributed by atoms with van der Waals surface area (Å²) in [5, 5.41) is 9.07. The zero-order chi connectivity index (χ0) is 16.9. The molecule has 0 radical (unpaired) electrons. The van der Waals surface area contributed by atoms with E-state index < -0.39 is 0 Å². The number of rotatable bonds is 11. The lowest BCUT2D eigenvalue weighted by Crippen LogP contribution is -2.32. The number of aliphatic hydroxyl groups excluding tert-OH is 1. The molecule has 0 heterocycles. The Kier molecular flexibility index (Phi) is 11.3. The molecular formula is C18H30N2OS2. The highest BCUT2D eigenvalue weighted by molar-refractivity contribution is 8.22. The predicted molar refractivity (Wildman–Crippen MR) is 106 cm³/mol. The van der Waals surface area contributed by atoms with Crippen LogP contribution in [0.1, 0.15) is 32.3 Å². The number of unbranched alkanes of at least 4 members (excludes halogenated alkanes) is 1. The number of hydrogen-bond donors (Lipinski definition) is 1. The Morgan fingerprint density at radius 3 is 2.48 bits per heavy atom. The summed E-state index contributed by atoms with van der Waals surface area (Å²) < 4.78 is 0.900. The Labute approximate surface area is 151 Å². The number of benzene rings is 1. The van der Waals surface area contributed by atoms with Gasteiger partial charge in [0.15, 0.2) is 0 Å². The molecule has 0 bridgehead atoms. The molecule has 3 nitrogen and oxygen atoms in total. The van der Waals surface area contributed by atoms with E-state index in [2.05, 4.69) is 54.0 Å². The van der Waals surface area contributed by atoms with Gasteiger partial charge in [-0.15, -0.1) is 0 Å². The van der Waals surface area contributed by atoms with Gasteiger partial charge < -0.3 is 10.0 Å². The fourth-order valence-electron chi connectivity index (χ4n) is 2.35. The minimum Gasteiger partial charge on any atom is -0.395 e. The van der Waals surface area contributed by atoms with Crippen molar-refractivity contribution >= 4 is 28.3 Å². The van der Waals surface area contributed by atoms with Crippen molar-refractivity contribution in [3.05, 3.63) is 35.9 Å². The van der Waals surface area contributed by atoms with Crippen LogP contribution in [-0.2, 0) is 6.54 Å². The second-order valence-corrected chi connectivity index (χ2v) is 7.26. The molecule has 0 aliphatic carbocycles. The first-order chi connectivity index (χ1) is 11.2. The third-order valence-electron chi connectivity index (χ3n) is 3.72. The molecule has 0 atom stereocenters. The van der Waals surface area contributed by atoms with Gasteiger partial charge in [0, 0.05) is 31.9 Å². The lowest BCUT2D eigenvalue weighted by Gasteiger charge is -2.24. The first kappa shape index (κ1) is 20.4. The van der Waals surface area contributed by atoms with Gasteiger partial charge in [0.2, 0.25) is 0 Å². The minimum atomic E-state index is 0.158. The summed E-state index contributed by atoms with van der Waals surface area (Å²) in [6, 6.07) is 10.7. The molecule has 0 saturated carbocycles.